The van der Waals surface area contributed by atoms with Crippen LogP contribution >= 0.6 is 0 Å². The average Bonchev–Trinajstić information content (AvgIpc) is 2.53. The molecule has 1 aliphatic rings. The first-order valence-electron chi connectivity index (χ1n) is 2.97. The molecule has 5 heteroatoms. The molecule has 0 saturated heterocycles. The minimum atomic E-state index is -0.727. The Morgan fingerprint density at radius 2 is 2.09 bits per heavy atom. The summed E-state index contributed by atoms with van der Waals surface area (Å²) in [5.41, 5.74) is 0.192. The maximum Gasteiger partial charge on any atom is 0.360 e. The second-order valence-corrected chi connectivity index (χ2v) is 2.16. The zero-order valence-corrected chi connectivity index (χ0v) is 5.39. The van der Waals surface area contributed by atoms with Crippen LogP contribution in [0.3, 0.4) is 0 Å². The van der Waals surface area contributed by atoms with Gasteiger partial charge in [0, 0.05) is 6.20 Å². The fourth-order valence-corrected chi connectivity index (χ4v) is 1.02. The van der Waals surface area contributed by atoms with Gasteiger partial charge in [0.2, 0.25) is 0 Å². The molecule has 1 aromatic rings. The van der Waals surface area contributed by atoms with Crippen LogP contribution in [-0.2, 0) is 0 Å². The van der Waals surface area contributed by atoms with Crippen molar-refractivity contribution in [3.63, 3.8) is 0 Å². The van der Waals surface area contributed by atoms with Crippen LogP contribution in [0.2, 0.25) is 0 Å². The van der Waals surface area contributed by atoms with E-state index in [-0.39, 0.29) is 10.8 Å². The van der Waals surface area contributed by atoms with Gasteiger partial charge in [-0.2, -0.15) is 0 Å². The second kappa shape index (κ2) is 1.70. The van der Waals surface area contributed by atoms with Crippen molar-refractivity contribution in [3.8, 4) is 0 Å². The number of aromatic nitrogens is 1. The summed E-state index contributed by atoms with van der Waals surface area (Å²) >= 11 is 0. The van der Waals surface area contributed by atoms with Crippen molar-refractivity contribution in [1.29, 1.82) is 0 Å². The number of hydroxylamine groups is 2. The van der Waals surface area contributed by atoms with E-state index in [0.29, 0.717) is 0 Å². The van der Waals surface area contributed by atoms with E-state index < -0.39 is 11.9 Å². The summed E-state index contributed by atoms with van der Waals surface area (Å²) in [7, 11) is 0. The summed E-state index contributed by atoms with van der Waals surface area (Å²) in [6.45, 7) is 0. The molecule has 0 fully saturated rings. The van der Waals surface area contributed by atoms with E-state index in [9.17, 15) is 9.59 Å². The number of nitrogens with zero attached hydrogens (tertiary/aromatic N) is 2. The molecule has 1 aliphatic heterocycles. The monoisotopic (exact) mass is 152 g/mol. The first kappa shape index (κ1) is 6.11. The molecule has 0 aromatic carbocycles. The van der Waals surface area contributed by atoms with Crippen LogP contribution in [0, 0.1) is 0 Å². The molecule has 2 amide bonds. The van der Waals surface area contributed by atoms with Crippen molar-refractivity contribution in [2.24, 2.45) is 0 Å². The van der Waals surface area contributed by atoms with Crippen molar-refractivity contribution >= 4 is 11.9 Å². The summed E-state index contributed by atoms with van der Waals surface area (Å²) in [6.07, 6.45) is 1.42. The standard InChI is InChI=1S/C6H4N2O3/c9-5-4-2-1-3-7(4)6(10)8(5)11/h1-3,11H. The fraction of sp³-hybridized carbons (Fsp3) is 0. The molecule has 0 atom stereocenters. The number of fused-ring (bicyclic) bond motifs is 1. The number of rotatable bonds is 0. The van der Waals surface area contributed by atoms with Gasteiger partial charge in [0.1, 0.15) is 5.69 Å². The first-order chi connectivity index (χ1) is 5.22. The van der Waals surface area contributed by atoms with E-state index in [1.165, 1.54) is 12.3 Å². The molecule has 1 N–H and O–H groups in total. The molecule has 0 aliphatic carbocycles. The average molecular weight is 152 g/mol. The largest absolute Gasteiger partial charge is 0.360 e. The second-order valence-electron chi connectivity index (χ2n) is 2.16. The molecule has 0 radical (unpaired) electrons. The Balaban J connectivity index is 2.65. The Kier molecular flexibility index (Phi) is 0.945. The summed E-state index contributed by atoms with van der Waals surface area (Å²) in [5.74, 6) is -0.681. The predicted octanol–water partition coefficient (Wildman–Crippen LogP) is 0.301. The Morgan fingerprint density at radius 3 is 2.73 bits per heavy atom. The Hall–Kier alpha value is -1.62. The number of amides is 2. The van der Waals surface area contributed by atoms with Gasteiger partial charge in [-0.3, -0.25) is 14.6 Å². The summed E-state index contributed by atoms with van der Waals surface area (Å²) in [4.78, 5) is 21.8. The molecular formula is C6H4N2O3. The summed E-state index contributed by atoms with van der Waals surface area (Å²) in [5, 5.41) is 8.88. The van der Waals surface area contributed by atoms with Crippen LogP contribution in [0.1, 0.15) is 10.5 Å². The summed E-state index contributed by atoms with van der Waals surface area (Å²) in [6, 6.07) is 2.31. The normalized spacial score (nSPS) is 15.9. The SMILES string of the molecule is O=C1c2cccn2C(=O)N1O. The van der Waals surface area contributed by atoms with Crippen LogP contribution in [0.4, 0.5) is 4.79 Å². The van der Waals surface area contributed by atoms with Crippen LogP contribution in [-0.4, -0.2) is 26.8 Å². The molecule has 5 nitrogen and oxygen atoms in total. The number of hydrogen-bond acceptors (Lipinski definition) is 3. The highest BCUT2D eigenvalue weighted by atomic mass is 16.5. The van der Waals surface area contributed by atoms with Gasteiger partial charge < -0.3 is 0 Å². The minimum Gasteiger partial charge on any atom is -0.277 e. The smallest absolute Gasteiger partial charge is 0.277 e. The predicted molar refractivity (Wildman–Crippen MR) is 33.2 cm³/mol. The Bertz CT molecular complexity index is 311. The van der Waals surface area contributed by atoms with Crippen LogP contribution in [0.15, 0.2) is 18.3 Å². The highest BCUT2D eigenvalue weighted by molar-refractivity contribution is 6.10. The van der Waals surface area contributed by atoms with Crippen molar-refractivity contribution in [3.05, 3.63) is 24.0 Å². The maximum atomic E-state index is 10.9. The number of imide groups is 1. The van der Waals surface area contributed by atoms with Crippen molar-refractivity contribution in [2.75, 3.05) is 0 Å². The van der Waals surface area contributed by atoms with E-state index in [0.717, 1.165) is 4.57 Å². The quantitative estimate of drug-likeness (QED) is 0.544. The maximum absolute atomic E-state index is 10.9. The fourth-order valence-electron chi connectivity index (χ4n) is 1.02. The molecule has 0 unspecified atom stereocenters. The molecule has 56 valence electrons. The Morgan fingerprint density at radius 1 is 1.36 bits per heavy atom. The van der Waals surface area contributed by atoms with E-state index in [1.54, 1.807) is 6.07 Å². The summed E-state index contributed by atoms with van der Waals surface area (Å²) < 4.78 is 1.09. The molecular weight excluding hydrogens is 148 g/mol. The molecule has 0 bridgehead atoms. The molecule has 1 aromatic heterocycles. The highest BCUT2D eigenvalue weighted by Gasteiger charge is 2.33. The number of hydrogen-bond donors (Lipinski definition) is 1. The molecule has 0 spiro atoms. The molecule has 0 saturated carbocycles. The molecule has 2 rings (SSSR count). The van der Waals surface area contributed by atoms with Gasteiger partial charge >= 0.3 is 11.9 Å². The van der Waals surface area contributed by atoms with E-state index in [1.807, 2.05) is 0 Å². The van der Waals surface area contributed by atoms with Crippen LogP contribution in [0.25, 0.3) is 0 Å². The van der Waals surface area contributed by atoms with Gasteiger partial charge in [0.05, 0.1) is 0 Å². The van der Waals surface area contributed by atoms with Gasteiger partial charge in [0.25, 0.3) is 0 Å². The first-order valence-corrected chi connectivity index (χ1v) is 2.97. The lowest BCUT2D eigenvalue weighted by Crippen LogP contribution is -2.26. The van der Waals surface area contributed by atoms with Gasteiger partial charge in [-0.15, -0.1) is 5.06 Å². The third-order valence-electron chi connectivity index (χ3n) is 1.55. The van der Waals surface area contributed by atoms with Gasteiger partial charge in [-0.1, -0.05) is 0 Å². The lowest BCUT2D eigenvalue weighted by Gasteiger charge is -1.99. The third kappa shape index (κ3) is 0.574. The van der Waals surface area contributed by atoms with E-state index in [2.05, 4.69) is 0 Å². The zero-order chi connectivity index (χ0) is 8.01. The third-order valence-corrected chi connectivity index (χ3v) is 1.55. The van der Waals surface area contributed by atoms with E-state index >= 15 is 0 Å². The lowest BCUT2D eigenvalue weighted by molar-refractivity contribution is -0.0159. The van der Waals surface area contributed by atoms with Crippen molar-refractivity contribution in [2.45, 2.75) is 0 Å². The van der Waals surface area contributed by atoms with Crippen LogP contribution < -0.4 is 0 Å². The molecule has 11 heavy (non-hydrogen) atoms. The van der Waals surface area contributed by atoms with Crippen molar-refractivity contribution < 1.29 is 14.8 Å². The van der Waals surface area contributed by atoms with Gasteiger partial charge in [0.15, 0.2) is 0 Å². The van der Waals surface area contributed by atoms with Crippen LogP contribution in [0.5, 0.6) is 0 Å². The zero-order valence-electron chi connectivity index (χ0n) is 5.39. The number of carbonyl (C=O) groups excluding carboxylic acids is 2. The topological polar surface area (TPSA) is 62.5 Å². The highest BCUT2D eigenvalue weighted by Crippen LogP contribution is 2.14. The minimum absolute atomic E-state index is 0.0926. The van der Waals surface area contributed by atoms with Gasteiger partial charge in [-0.05, 0) is 12.1 Å². The Labute approximate surface area is 61.4 Å². The van der Waals surface area contributed by atoms with Crippen molar-refractivity contribution in [1.82, 2.24) is 9.63 Å². The number of carbonyl (C=O) groups is 2. The van der Waals surface area contributed by atoms with E-state index in [4.69, 9.17) is 5.21 Å². The lowest BCUT2D eigenvalue weighted by atomic mass is 10.4. The van der Waals surface area contributed by atoms with Gasteiger partial charge in [-0.25, -0.2) is 4.79 Å². The molecule has 2 heterocycles.